The Kier molecular flexibility index (Phi) is 5.25. The van der Waals surface area contributed by atoms with Crippen LogP contribution in [-0.4, -0.2) is 42.0 Å². The summed E-state index contributed by atoms with van der Waals surface area (Å²) in [5.74, 6) is 0.262. The molecule has 26 heavy (non-hydrogen) atoms. The molecule has 1 aromatic heterocycles. The summed E-state index contributed by atoms with van der Waals surface area (Å²) in [6, 6.07) is 6.67. The minimum absolute atomic E-state index is 0.262. The standard InChI is InChI=1S/C21H27N3OS/c1-16-15-26-21(22-16)24-10-4-9-23(11-12-24)20(25)14-17-7-8-18-5-2-3-6-19(18)13-17/h7-8,13,15H,2-6,9-12,14H2,1H3. The highest BCUT2D eigenvalue weighted by molar-refractivity contribution is 7.13. The number of aromatic nitrogens is 1. The molecular formula is C21H27N3OS. The van der Waals surface area contributed by atoms with Crippen LogP contribution < -0.4 is 4.90 Å². The van der Waals surface area contributed by atoms with Crippen LogP contribution in [-0.2, 0) is 24.1 Å². The number of aryl methyl sites for hydroxylation is 3. The van der Waals surface area contributed by atoms with E-state index in [1.54, 1.807) is 11.3 Å². The van der Waals surface area contributed by atoms with Crippen LogP contribution in [0.5, 0.6) is 0 Å². The van der Waals surface area contributed by atoms with Crippen molar-refractivity contribution in [1.82, 2.24) is 9.88 Å². The Hall–Kier alpha value is -1.88. The number of nitrogens with zero attached hydrogens (tertiary/aromatic N) is 3. The van der Waals surface area contributed by atoms with E-state index in [9.17, 15) is 4.79 Å². The van der Waals surface area contributed by atoms with Gasteiger partial charge < -0.3 is 9.80 Å². The highest BCUT2D eigenvalue weighted by Crippen LogP contribution is 2.24. The Morgan fingerprint density at radius 3 is 2.73 bits per heavy atom. The molecule has 0 spiro atoms. The fraction of sp³-hybridized carbons (Fsp3) is 0.524. The Bertz CT molecular complexity index is 785. The minimum Gasteiger partial charge on any atom is -0.346 e. The van der Waals surface area contributed by atoms with Crippen molar-refractivity contribution in [2.45, 2.75) is 45.4 Å². The molecule has 2 heterocycles. The fourth-order valence-corrected chi connectivity index (χ4v) is 4.89. The van der Waals surface area contributed by atoms with E-state index in [4.69, 9.17) is 0 Å². The molecule has 2 aliphatic rings. The number of anilines is 1. The Morgan fingerprint density at radius 2 is 1.92 bits per heavy atom. The normalized spacial score (nSPS) is 17.7. The lowest BCUT2D eigenvalue weighted by atomic mass is 9.90. The number of carbonyl (C=O) groups is 1. The van der Waals surface area contributed by atoms with E-state index in [-0.39, 0.29) is 5.91 Å². The molecule has 4 nitrogen and oxygen atoms in total. The largest absolute Gasteiger partial charge is 0.346 e. The summed E-state index contributed by atoms with van der Waals surface area (Å²) in [5, 5.41) is 3.19. The number of carbonyl (C=O) groups excluding carboxylic acids is 1. The van der Waals surface area contributed by atoms with Gasteiger partial charge in [-0.3, -0.25) is 4.79 Å². The summed E-state index contributed by atoms with van der Waals surface area (Å²) < 4.78 is 0. The Balaban J connectivity index is 1.37. The lowest BCUT2D eigenvalue weighted by Crippen LogP contribution is -2.36. The molecular weight excluding hydrogens is 342 g/mol. The van der Waals surface area contributed by atoms with Crippen molar-refractivity contribution in [3.63, 3.8) is 0 Å². The Labute approximate surface area is 159 Å². The fourth-order valence-electron chi connectivity index (χ4n) is 4.03. The van der Waals surface area contributed by atoms with Gasteiger partial charge in [0.15, 0.2) is 5.13 Å². The van der Waals surface area contributed by atoms with E-state index in [0.29, 0.717) is 6.42 Å². The number of hydrogen-bond donors (Lipinski definition) is 0. The lowest BCUT2D eigenvalue weighted by molar-refractivity contribution is -0.130. The molecule has 0 radical (unpaired) electrons. The first-order valence-corrected chi connectivity index (χ1v) is 10.6. The third-order valence-electron chi connectivity index (χ3n) is 5.49. The predicted molar refractivity (Wildman–Crippen MR) is 107 cm³/mol. The van der Waals surface area contributed by atoms with Gasteiger partial charge in [0.05, 0.1) is 12.1 Å². The second kappa shape index (κ2) is 7.78. The highest BCUT2D eigenvalue weighted by Gasteiger charge is 2.21. The summed E-state index contributed by atoms with van der Waals surface area (Å²) in [4.78, 5) is 21.8. The van der Waals surface area contributed by atoms with Gasteiger partial charge in [-0.15, -0.1) is 11.3 Å². The van der Waals surface area contributed by atoms with Crippen molar-refractivity contribution < 1.29 is 4.79 Å². The average molecular weight is 370 g/mol. The maximum absolute atomic E-state index is 12.8. The van der Waals surface area contributed by atoms with Gasteiger partial charge in [0.1, 0.15) is 0 Å². The quantitative estimate of drug-likeness (QED) is 0.829. The van der Waals surface area contributed by atoms with Crippen molar-refractivity contribution in [1.29, 1.82) is 0 Å². The van der Waals surface area contributed by atoms with Gasteiger partial charge >= 0.3 is 0 Å². The summed E-state index contributed by atoms with van der Waals surface area (Å²) in [6.45, 7) is 5.54. The summed E-state index contributed by atoms with van der Waals surface area (Å²) in [5.41, 5.74) is 5.20. The molecule has 0 atom stereocenters. The van der Waals surface area contributed by atoms with Crippen molar-refractivity contribution >= 4 is 22.4 Å². The first kappa shape index (κ1) is 17.5. The van der Waals surface area contributed by atoms with E-state index < -0.39 is 0 Å². The van der Waals surface area contributed by atoms with E-state index >= 15 is 0 Å². The number of fused-ring (bicyclic) bond motifs is 1. The van der Waals surface area contributed by atoms with Crippen molar-refractivity contribution in [2.75, 3.05) is 31.1 Å². The molecule has 138 valence electrons. The number of thiazole rings is 1. The van der Waals surface area contributed by atoms with Crippen LogP contribution in [0.2, 0.25) is 0 Å². The van der Waals surface area contributed by atoms with Crippen LogP contribution in [0.25, 0.3) is 0 Å². The predicted octanol–water partition coefficient (Wildman–Crippen LogP) is 3.61. The van der Waals surface area contributed by atoms with Gasteiger partial charge in [0, 0.05) is 31.6 Å². The number of benzene rings is 1. The van der Waals surface area contributed by atoms with Crippen LogP contribution in [0.1, 0.15) is 41.6 Å². The van der Waals surface area contributed by atoms with Gasteiger partial charge in [0.25, 0.3) is 0 Å². The zero-order chi connectivity index (χ0) is 17.9. The van der Waals surface area contributed by atoms with Gasteiger partial charge in [-0.2, -0.15) is 0 Å². The molecule has 4 rings (SSSR count). The average Bonchev–Trinajstić information content (AvgIpc) is 2.93. The molecule has 1 aliphatic heterocycles. The molecule has 5 heteroatoms. The third kappa shape index (κ3) is 3.93. The zero-order valence-corrected chi connectivity index (χ0v) is 16.4. The molecule has 0 bridgehead atoms. The second-order valence-electron chi connectivity index (χ2n) is 7.48. The number of rotatable bonds is 3. The third-order valence-corrected chi connectivity index (χ3v) is 6.51. The summed E-state index contributed by atoms with van der Waals surface area (Å²) in [6.07, 6.45) is 6.49. The molecule has 0 unspecified atom stereocenters. The molecule has 0 N–H and O–H groups in total. The summed E-state index contributed by atoms with van der Waals surface area (Å²) in [7, 11) is 0. The zero-order valence-electron chi connectivity index (χ0n) is 15.5. The summed E-state index contributed by atoms with van der Waals surface area (Å²) >= 11 is 1.70. The van der Waals surface area contributed by atoms with E-state index in [0.717, 1.165) is 43.4 Å². The second-order valence-corrected chi connectivity index (χ2v) is 8.32. The van der Waals surface area contributed by atoms with Crippen molar-refractivity contribution in [2.24, 2.45) is 0 Å². The molecule has 1 amide bonds. The van der Waals surface area contributed by atoms with Crippen LogP contribution in [0.15, 0.2) is 23.6 Å². The molecule has 1 saturated heterocycles. The van der Waals surface area contributed by atoms with Crippen LogP contribution in [0, 0.1) is 6.92 Å². The van der Waals surface area contributed by atoms with E-state index in [2.05, 4.69) is 33.5 Å². The number of hydrogen-bond acceptors (Lipinski definition) is 4. The first-order valence-electron chi connectivity index (χ1n) is 9.74. The highest BCUT2D eigenvalue weighted by atomic mass is 32.1. The lowest BCUT2D eigenvalue weighted by Gasteiger charge is -2.22. The minimum atomic E-state index is 0.262. The molecule has 1 fully saturated rings. The van der Waals surface area contributed by atoms with Crippen molar-refractivity contribution in [3.05, 3.63) is 46.0 Å². The van der Waals surface area contributed by atoms with Crippen LogP contribution in [0.3, 0.4) is 0 Å². The molecule has 1 aromatic carbocycles. The van der Waals surface area contributed by atoms with Gasteiger partial charge in [-0.05, 0) is 55.7 Å². The monoisotopic (exact) mass is 369 g/mol. The van der Waals surface area contributed by atoms with Crippen LogP contribution in [0.4, 0.5) is 5.13 Å². The topological polar surface area (TPSA) is 36.4 Å². The maximum atomic E-state index is 12.8. The Morgan fingerprint density at radius 1 is 1.08 bits per heavy atom. The molecule has 2 aromatic rings. The molecule has 0 saturated carbocycles. The van der Waals surface area contributed by atoms with Crippen molar-refractivity contribution in [3.8, 4) is 0 Å². The first-order chi connectivity index (χ1) is 12.7. The smallest absolute Gasteiger partial charge is 0.227 e. The molecule has 1 aliphatic carbocycles. The SMILES string of the molecule is Cc1csc(N2CCCN(C(=O)Cc3ccc4c(c3)CCCC4)CC2)n1. The van der Waals surface area contributed by atoms with E-state index in [1.165, 1.54) is 42.4 Å². The van der Waals surface area contributed by atoms with Gasteiger partial charge in [-0.1, -0.05) is 18.2 Å². The van der Waals surface area contributed by atoms with Gasteiger partial charge in [-0.25, -0.2) is 4.98 Å². The van der Waals surface area contributed by atoms with E-state index in [1.807, 2.05) is 11.8 Å². The van der Waals surface area contributed by atoms with Gasteiger partial charge in [0.2, 0.25) is 5.91 Å². The van der Waals surface area contributed by atoms with Crippen LogP contribution >= 0.6 is 11.3 Å². The number of amides is 1. The maximum Gasteiger partial charge on any atom is 0.227 e.